The van der Waals surface area contributed by atoms with E-state index in [0.29, 0.717) is 0 Å². The molecule has 1 atom stereocenters. The second-order valence-electron chi connectivity index (χ2n) is 4.79. The molecule has 3 N–H and O–H groups in total. The van der Waals surface area contributed by atoms with Crippen LogP contribution in [0, 0.1) is 18.8 Å². The van der Waals surface area contributed by atoms with Gasteiger partial charge in [-0.3, -0.25) is 0 Å². The molecule has 1 aromatic rings. The molecule has 0 bridgehead atoms. The number of anilines is 2. The van der Waals surface area contributed by atoms with Gasteiger partial charge < -0.3 is 11.1 Å². The predicted molar refractivity (Wildman–Crippen MR) is 66.0 cm³/mol. The molecule has 0 heterocycles. The van der Waals surface area contributed by atoms with Crippen molar-refractivity contribution in [3.63, 3.8) is 0 Å². The van der Waals surface area contributed by atoms with Gasteiger partial charge in [-0.15, -0.1) is 0 Å². The minimum atomic E-state index is 0.769. The molecule has 82 valence electrons. The van der Waals surface area contributed by atoms with Crippen LogP contribution in [0.3, 0.4) is 0 Å². The maximum Gasteiger partial charge on any atom is 0.0574 e. The molecule has 0 aromatic heterocycles. The van der Waals surface area contributed by atoms with E-state index in [-0.39, 0.29) is 0 Å². The Hall–Kier alpha value is -1.18. The molecule has 1 aliphatic carbocycles. The van der Waals surface area contributed by atoms with E-state index >= 15 is 0 Å². The molecular formula is C13H20N2. The Morgan fingerprint density at radius 2 is 2.20 bits per heavy atom. The molecule has 2 rings (SSSR count). The zero-order valence-corrected chi connectivity index (χ0v) is 9.59. The number of nitrogen functional groups attached to an aromatic ring is 1. The molecule has 1 aliphatic rings. The smallest absolute Gasteiger partial charge is 0.0574 e. The fourth-order valence-electron chi connectivity index (χ4n) is 1.95. The lowest BCUT2D eigenvalue weighted by Gasteiger charge is -2.14. The molecule has 0 radical (unpaired) electrons. The molecular weight excluding hydrogens is 184 g/mol. The van der Waals surface area contributed by atoms with Crippen LogP contribution in [0.15, 0.2) is 18.2 Å². The summed E-state index contributed by atoms with van der Waals surface area (Å²) in [5, 5.41) is 3.44. The van der Waals surface area contributed by atoms with E-state index in [4.69, 9.17) is 5.73 Å². The predicted octanol–water partition coefficient (Wildman–Crippen LogP) is 3.04. The first-order valence-electron chi connectivity index (χ1n) is 5.77. The first-order valence-corrected chi connectivity index (χ1v) is 5.77. The van der Waals surface area contributed by atoms with Gasteiger partial charge in [0.05, 0.1) is 11.4 Å². The highest BCUT2D eigenvalue weighted by atomic mass is 14.9. The van der Waals surface area contributed by atoms with Crippen molar-refractivity contribution in [1.82, 2.24) is 0 Å². The first-order chi connectivity index (χ1) is 7.16. The van der Waals surface area contributed by atoms with Crippen LogP contribution in [0.5, 0.6) is 0 Å². The van der Waals surface area contributed by atoms with E-state index in [1.54, 1.807) is 0 Å². The van der Waals surface area contributed by atoms with Gasteiger partial charge in [0, 0.05) is 6.54 Å². The highest BCUT2D eigenvalue weighted by Gasteiger charge is 2.27. The fourth-order valence-corrected chi connectivity index (χ4v) is 1.95. The zero-order valence-electron chi connectivity index (χ0n) is 9.59. The summed E-state index contributed by atoms with van der Waals surface area (Å²) in [6.45, 7) is 5.42. The quantitative estimate of drug-likeness (QED) is 0.740. The average molecular weight is 204 g/mol. The summed E-state index contributed by atoms with van der Waals surface area (Å²) in [4.78, 5) is 0. The van der Waals surface area contributed by atoms with Gasteiger partial charge in [0.25, 0.3) is 0 Å². The minimum absolute atomic E-state index is 0.769. The van der Waals surface area contributed by atoms with Crippen LogP contribution >= 0.6 is 0 Å². The topological polar surface area (TPSA) is 38.0 Å². The average Bonchev–Trinajstić information content (AvgIpc) is 2.99. The van der Waals surface area contributed by atoms with Gasteiger partial charge in [-0.25, -0.2) is 0 Å². The van der Waals surface area contributed by atoms with Crippen LogP contribution in [0.1, 0.15) is 25.3 Å². The van der Waals surface area contributed by atoms with Crippen molar-refractivity contribution >= 4 is 11.4 Å². The van der Waals surface area contributed by atoms with Crippen molar-refractivity contribution < 1.29 is 0 Å². The monoisotopic (exact) mass is 204 g/mol. The van der Waals surface area contributed by atoms with E-state index in [0.717, 1.165) is 29.8 Å². The van der Waals surface area contributed by atoms with E-state index in [1.807, 2.05) is 6.07 Å². The number of hydrogen-bond donors (Lipinski definition) is 2. The Balaban J connectivity index is 1.92. The lowest BCUT2D eigenvalue weighted by Crippen LogP contribution is -2.13. The van der Waals surface area contributed by atoms with Crippen LogP contribution in [0.25, 0.3) is 0 Å². The molecule has 1 saturated carbocycles. The third-order valence-corrected chi connectivity index (χ3v) is 3.25. The van der Waals surface area contributed by atoms with E-state index in [2.05, 4.69) is 31.3 Å². The Kier molecular flexibility index (Phi) is 2.85. The number of rotatable bonds is 4. The summed E-state index contributed by atoms with van der Waals surface area (Å²) in [6.07, 6.45) is 2.82. The normalized spacial score (nSPS) is 17.5. The number of nitrogens with one attached hydrogen (secondary N) is 1. The molecule has 0 spiro atoms. The van der Waals surface area contributed by atoms with E-state index in [1.165, 1.54) is 18.4 Å². The molecule has 2 nitrogen and oxygen atoms in total. The second kappa shape index (κ2) is 4.13. The van der Waals surface area contributed by atoms with Gasteiger partial charge in [0.15, 0.2) is 0 Å². The second-order valence-corrected chi connectivity index (χ2v) is 4.79. The van der Waals surface area contributed by atoms with Gasteiger partial charge in [-0.2, -0.15) is 0 Å². The standard InChI is InChI=1S/C13H20N2/c1-9-3-6-13(12(14)7-9)15-8-10(2)11-4-5-11/h3,6-7,10-11,15H,4-5,8,14H2,1-2H3. The van der Waals surface area contributed by atoms with E-state index < -0.39 is 0 Å². The summed E-state index contributed by atoms with van der Waals surface area (Å²) in [6, 6.07) is 6.19. The first kappa shape index (κ1) is 10.3. The lowest BCUT2D eigenvalue weighted by atomic mass is 10.1. The number of benzene rings is 1. The van der Waals surface area contributed by atoms with Gasteiger partial charge in [-0.1, -0.05) is 13.0 Å². The maximum absolute atomic E-state index is 5.94. The summed E-state index contributed by atoms with van der Waals surface area (Å²) >= 11 is 0. The molecule has 0 amide bonds. The largest absolute Gasteiger partial charge is 0.397 e. The molecule has 1 unspecified atom stereocenters. The van der Waals surface area contributed by atoms with E-state index in [9.17, 15) is 0 Å². The van der Waals surface area contributed by atoms with Crippen molar-refractivity contribution in [3.05, 3.63) is 23.8 Å². The van der Waals surface area contributed by atoms with Crippen LogP contribution in [-0.2, 0) is 0 Å². The van der Waals surface area contributed by atoms with Crippen molar-refractivity contribution in [2.45, 2.75) is 26.7 Å². The third-order valence-electron chi connectivity index (χ3n) is 3.25. The van der Waals surface area contributed by atoms with Gasteiger partial charge >= 0.3 is 0 Å². The Bertz CT molecular complexity index is 342. The fraction of sp³-hybridized carbons (Fsp3) is 0.538. The van der Waals surface area contributed by atoms with Crippen molar-refractivity contribution in [3.8, 4) is 0 Å². The molecule has 0 aliphatic heterocycles. The van der Waals surface area contributed by atoms with Gasteiger partial charge in [-0.05, 0) is 49.3 Å². The van der Waals surface area contributed by atoms with Crippen LogP contribution in [0.4, 0.5) is 11.4 Å². The molecule has 0 saturated heterocycles. The lowest BCUT2D eigenvalue weighted by molar-refractivity contribution is 0.537. The number of aryl methyl sites for hydroxylation is 1. The van der Waals surface area contributed by atoms with Crippen LogP contribution in [-0.4, -0.2) is 6.54 Å². The number of hydrogen-bond acceptors (Lipinski definition) is 2. The Labute approximate surface area is 91.9 Å². The highest BCUT2D eigenvalue weighted by Crippen LogP contribution is 2.36. The molecule has 2 heteroatoms. The Morgan fingerprint density at radius 3 is 2.80 bits per heavy atom. The molecule has 1 aromatic carbocycles. The van der Waals surface area contributed by atoms with Crippen molar-refractivity contribution in [2.75, 3.05) is 17.6 Å². The van der Waals surface area contributed by atoms with Gasteiger partial charge in [0.2, 0.25) is 0 Å². The summed E-state index contributed by atoms with van der Waals surface area (Å²) in [7, 11) is 0. The summed E-state index contributed by atoms with van der Waals surface area (Å²) in [5.41, 5.74) is 9.09. The SMILES string of the molecule is Cc1ccc(NCC(C)C2CC2)c(N)c1. The van der Waals surface area contributed by atoms with Crippen molar-refractivity contribution in [2.24, 2.45) is 11.8 Å². The van der Waals surface area contributed by atoms with Gasteiger partial charge in [0.1, 0.15) is 0 Å². The van der Waals surface area contributed by atoms with Crippen LogP contribution < -0.4 is 11.1 Å². The van der Waals surface area contributed by atoms with Crippen molar-refractivity contribution in [1.29, 1.82) is 0 Å². The van der Waals surface area contributed by atoms with Crippen LogP contribution in [0.2, 0.25) is 0 Å². The zero-order chi connectivity index (χ0) is 10.8. The summed E-state index contributed by atoms with van der Waals surface area (Å²) < 4.78 is 0. The molecule has 15 heavy (non-hydrogen) atoms. The Morgan fingerprint density at radius 1 is 1.47 bits per heavy atom. The summed E-state index contributed by atoms with van der Waals surface area (Å²) in [5.74, 6) is 1.72. The molecule has 1 fully saturated rings. The highest BCUT2D eigenvalue weighted by molar-refractivity contribution is 5.66. The number of nitrogens with two attached hydrogens (primary N) is 1. The minimum Gasteiger partial charge on any atom is -0.397 e. The maximum atomic E-state index is 5.94. The third kappa shape index (κ3) is 2.65.